The van der Waals surface area contributed by atoms with Gasteiger partial charge in [-0.05, 0) is 57.0 Å². The minimum atomic E-state index is 0.227. The number of hydrogen-bond acceptors (Lipinski definition) is 6. The molecule has 40 heavy (non-hydrogen) atoms. The fourth-order valence-electron chi connectivity index (χ4n) is 7.04. The van der Waals surface area contributed by atoms with Crippen molar-refractivity contribution in [2.45, 2.75) is 0 Å². The molecule has 190 valence electrons. The molecule has 10 rings (SSSR count). The summed E-state index contributed by atoms with van der Waals surface area (Å²) in [5.74, 6) is 3.19. The standard InChI is InChI=1S/C34H20N2O4/c1-3-7-21-19(5-1)27(31-25-17(9-11-35-31)13-23-33(29(21)25)39-15-37-23)28-20-6-2-4-8-22(20)30-26-18(10-12-36-32(26)28)14-24-34(30)40-16-38-24/h1-14,35-36H,15-16H2. The Balaban J connectivity index is 1.47. The van der Waals surface area contributed by atoms with Crippen molar-refractivity contribution in [3.63, 3.8) is 0 Å². The minimum Gasteiger partial charge on any atom is -0.454 e. The summed E-state index contributed by atoms with van der Waals surface area (Å²) in [5, 5.41) is 16.3. The van der Waals surface area contributed by atoms with Crippen LogP contribution in [0.2, 0.25) is 0 Å². The summed E-state index contributed by atoms with van der Waals surface area (Å²) >= 11 is 0. The van der Waals surface area contributed by atoms with Gasteiger partial charge in [-0.25, -0.2) is 0 Å². The lowest BCUT2D eigenvalue weighted by Crippen LogP contribution is -2.05. The molecule has 6 heteroatoms. The van der Waals surface area contributed by atoms with Crippen molar-refractivity contribution in [1.29, 1.82) is 0 Å². The van der Waals surface area contributed by atoms with Crippen molar-refractivity contribution < 1.29 is 18.9 Å². The van der Waals surface area contributed by atoms with E-state index in [2.05, 4.69) is 83.4 Å². The zero-order valence-electron chi connectivity index (χ0n) is 21.1. The Labute approximate surface area is 228 Å². The quantitative estimate of drug-likeness (QED) is 0.213. The van der Waals surface area contributed by atoms with Gasteiger partial charge < -0.3 is 29.6 Å². The highest BCUT2D eigenvalue weighted by molar-refractivity contribution is 6.32. The lowest BCUT2D eigenvalue weighted by atomic mass is 9.82. The fourth-order valence-corrected chi connectivity index (χ4v) is 7.04. The molecule has 4 heterocycles. The number of ether oxygens (including phenoxy) is 4. The lowest BCUT2D eigenvalue weighted by molar-refractivity contribution is 0.174. The summed E-state index contributed by atoms with van der Waals surface area (Å²) in [7, 11) is 0. The van der Waals surface area contributed by atoms with E-state index in [9.17, 15) is 0 Å². The number of anilines is 2. The van der Waals surface area contributed by atoms with Crippen LogP contribution in [0.5, 0.6) is 23.0 Å². The molecule has 0 bridgehead atoms. The van der Waals surface area contributed by atoms with Crippen LogP contribution in [0.3, 0.4) is 0 Å². The van der Waals surface area contributed by atoms with E-state index in [0.29, 0.717) is 0 Å². The van der Waals surface area contributed by atoms with Crippen molar-refractivity contribution >= 4 is 66.6 Å². The van der Waals surface area contributed by atoms with Gasteiger partial charge in [-0.15, -0.1) is 0 Å². The van der Waals surface area contributed by atoms with Crippen molar-refractivity contribution in [3.8, 4) is 34.1 Å². The van der Waals surface area contributed by atoms with E-state index in [-0.39, 0.29) is 13.6 Å². The van der Waals surface area contributed by atoms with Crippen LogP contribution in [0.15, 0.2) is 73.1 Å². The highest BCUT2D eigenvalue weighted by atomic mass is 16.7. The van der Waals surface area contributed by atoms with Gasteiger partial charge in [0.15, 0.2) is 23.0 Å². The Bertz CT molecular complexity index is 2070. The monoisotopic (exact) mass is 520 g/mol. The van der Waals surface area contributed by atoms with Gasteiger partial charge in [0.25, 0.3) is 0 Å². The van der Waals surface area contributed by atoms with Gasteiger partial charge in [0.2, 0.25) is 13.6 Å². The molecule has 2 N–H and O–H groups in total. The number of hydrogen-bond donors (Lipinski definition) is 2. The van der Waals surface area contributed by atoms with Gasteiger partial charge in [-0.2, -0.15) is 0 Å². The first-order valence-electron chi connectivity index (χ1n) is 13.4. The maximum absolute atomic E-state index is 6.06. The number of fused-ring (bicyclic) bond motifs is 8. The Hall–Kier alpha value is -5.36. The van der Waals surface area contributed by atoms with Crippen LogP contribution in [-0.2, 0) is 0 Å². The van der Waals surface area contributed by atoms with Crippen LogP contribution in [0, 0.1) is 0 Å². The maximum atomic E-state index is 6.06. The predicted octanol–water partition coefficient (Wildman–Crippen LogP) is 8.22. The van der Waals surface area contributed by atoms with Crippen molar-refractivity contribution in [1.82, 2.24) is 0 Å². The smallest absolute Gasteiger partial charge is 0.231 e. The van der Waals surface area contributed by atoms with Crippen LogP contribution >= 0.6 is 0 Å². The zero-order valence-corrected chi connectivity index (χ0v) is 21.1. The summed E-state index contributed by atoms with van der Waals surface area (Å²) in [6, 6.07) is 21.4. The highest BCUT2D eigenvalue weighted by Crippen LogP contribution is 2.57. The first-order chi connectivity index (χ1) is 19.9. The molecule has 0 aromatic heterocycles. The summed E-state index contributed by atoms with van der Waals surface area (Å²) in [6.45, 7) is 0.454. The van der Waals surface area contributed by atoms with Gasteiger partial charge >= 0.3 is 0 Å². The van der Waals surface area contributed by atoms with Crippen molar-refractivity contribution in [2.24, 2.45) is 0 Å². The summed E-state index contributed by atoms with van der Waals surface area (Å²) < 4.78 is 23.8. The molecule has 0 saturated heterocycles. The lowest BCUT2D eigenvalue weighted by Gasteiger charge is -2.27. The van der Waals surface area contributed by atoms with Gasteiger partial charge in [0, 0.05) is 45.1 Å². The summed E-state index contributed by atoms with van der Waals surface area (Å²) in [5.41, 5.74) is 6.62. The molecule has 6 nitrogen and oxygen atoms in total. The second-order valence-corrected chi connectivity index (χ2v) is 10.4. The van der Waals surface area contributed by atoms with E-state index in [1.165, 1.54) is 0 Å². The summed E-state index contributed by atoms with van der Waals surface area (Å²) in [4.78, 5) is 0. The second-order valence-electron chi connectivity index (χ2n) is 10.4. The van der Waals surface area contributed by atoms with E-state index in [1.54, 1.807) is 0 Å². The van der Waals surface area contributed by atoms with Gasteiger partial charge in [0.05, 0.1) is 11.4 Å². The van der Waals surface area contributed by atoms with Crippen LogP contribution < -0.4 is 29.6 Å². The topological polar surface area (TPSA) is 61.0 Å². The molecular weight excluding hydrogens is 500 g/mol. The minimum absolute atomic E-state index is 0.227. The van der Waals surface area contributed by atoms with Crippen LogP contribution in [-0.4, -0.2) is 13.6 Å². The Morgan fingerprint density at radius 2 is 0.950 bits per heavy atom. The molecule has 0 unspecified atom stereocenters. The normalized spacial score (nSPS) is 15.3. The highest BCUT2D eigenvalue weighted by Gasteiger charge is 2.31. The zero-order chi connectivity index (χ0) is 25.9. The average molecular weight is 521 g/mol. The van der Waals surface area contributed by atoms with Crippen LogP contribution in [0.4, 0.5) is 11.4 Å². The van der Waals surface area contributed by atoms with Gasteiger partial charge in [-0.1, -0.05) is 48.5 Å². The van der Waals surface area contributed by atoms with E-state index < -0.39 is 0 Å². The Kier molecular flexibility index (Phi) is 3.70. The van der Waals surface area contributed by atoms with Crippen molar-refractivity contribution in [3.05, 3.63) is 84.2 Å². The third-order valence-corrected chi connectivity index (χ3v) is 8.55. The maximum Gasteiger partial charge on any atom is 0.231 e. The number of nitrogens with one attached hydrogen (secondary N) is 2. The molecule has 0 spiro atoms. The van der Waals surface area contributed by atoms with Crippen LogP contribution in [0.1, 0.15) is 11.1 Å². The third kappa shape index (κ3) is 2.40. The largest absolute Gasteiger partial charge is 0.454 e. The Morgan fingerprint density at radius 3 is 1.43 bits per heavy atom. The molecule has 0 radical (unpaired) electrons. The molecule has 0 saturated carbocycles. The molecule has 0 amide bonds. The SMILES string of the molecule is C1=Cc2cc3c(c4c2c(c(-c2c5c6c(cc7c(c6c6ccccc26)OCO7)C=CN5)c2ccccc24)N1)OCO3. The first kappa shape index (κ1) is 20.6. The van der Waals surface area contributed by atoms with Crippen molar-refractivity contribution in [2.75, 3.05) is 24.2 Å². The molecule has 4 aliphatic heterocycles. The molecule has 4 aliphatic rings. The average Bonchev–Trinajstić information content (AvgIpc) is 3.67. The molecular formula is C34H20N2O4. The third-order valence-electron chi connectivity index (χ3n) is 8.55. The molecule has 6 aromatic rings. The Morgan fingerprint density at radius 1 is 0.500 bits per heavy atom. The molecule has 6 aromatic carbocycles. The van der Waals surface area contributed by atoms with Crippen LogP contribution in [0.25, 0.3) is 66.4 Å². The molecule has 0 fully saturated rings. The van der Waals surface area contributed by atoms with E-state index in [1.807, 2.05) is 12.4 Å². The van der Waals surface area contributed by atoms with E-state index in [4.69, 9.17) is 18.9 Å². The summed E-state index contributed by atoms with van der Waals surface area (Å²) in [6.07, 6.45) is 8.25. The van der Waals surface area contributed by atoms with Gasteiger partial charge in [0.1, 0.15) is 0 Å². The van der Waals surface area contributed by atoms with E-state index in [0.717, 1.165) is 99.7 Å². The van der Waals surface area contributed by atoms with Gasteiger partial charge in [-0.3, -0.25) is 0 Å². The predicted molar refractivity (Wildman–Crippen MR) is 159 cm³/mol. The number of benzene rings is 6. The second kappa shape index (κ2) is 7.18. The first-order valence-corrected chi connectivity index (χ1v) is 13.4. The molecule has 0 atom stereocenters. The number of rotatable bonds is 1. The van der Waals surface area contributed by atoms with E-state index >= 15 is 0 Å². The molecule has 0 aliphatic carbocycles. The fraction of sp³-hybridized carbons (Fsp3) is 0.0588.